The number of nitrogens with zero attached hydrogens (tertiary/aromatic N) is 2. The number of carbonyl (C=O) groups is 1. The average Bonchev–Trinajstić information content (AvgIpc) is 3.04. The maximum absolute atomic E-state index is 12.3. The number of amides is 1. The lowest BCUT2D eigenvalue weighted by atomic mass is 10.2. The number of halogens is 2. The van der Waals surface area contributed by atoms with Crippen molar-refractivity contribution in [1.29, 1.82) is 0 Å². The molecule has 4 nitrogen and oxygen atoms in total. The minimum absolute atomic E-state index is 0.132. The Hall–Kier alpha value is -1.56. The van der Waals surface area contributed by atoms with Gasteiger partial charge in [-0.15, -0.1) is 11.3 Å². The number of fused-ring (bicyclic) bond motifs is 1. The van der Waals surface area contributed by atoms with Crippen molar-refractivity contribution < 1.29 is 4.79 Å². The zero-order chi connectivity index (χ0) is 17.3. The van der Waals surface area contributed by atoms with E-state index in [1.807, 2.05) is 42.8 Å². The van der Waals surface area contributed by atoms with E-state index >= 15 is 0 Å². The van der Waals surface area contributed by atoms with Gasteiger partial charge in [-0.1, -0.05) is 41.4 Å². The Balaban J connectivity index is 1.59. The van der Waals surface area contributed by atoms with E-state index in [2.05, 4.69) is 10.4 Å². The molecule has 0 bridgehead atoms. The van der Waals surface area contributed by atoms with Crippen molar-refractivity contribution in [2.45, 2.75) is 26.8 Å². The van der Waals surface area contributed by atoms with Crippen LogP contribution in [0.25, 0.3) is 10.1 Å². The first-order valence-corrected chi connectivity index (χ1v) is 9.21. The second-order valence-corrected chi connectivity index (χ2v) is 7.37. The predicted molar refractivity (Wildman–Crippen MR) is 100 cm³/mol. The molecule has 0 aliphatic heterocycles. The van der Waals surface area contributed by atoms with Crippen LogP contribution in [0.15, 0.2) is 24.3 Å². The van der Waals surface area contributed by atoms with Crippen molar-refractivity contribution in [2.75, 3.05) is 6.54 Å². The van der Waals surface area contributed by atoms with E-state index in [4.69, 9.17) is 23.2 Å². The fourth-order valence-corrected chi connectivity index (χ4v) is 4.13. The summed E-state index contributed by atoms with van der Waals surface area (Å²) in [4.78, 5) is 12.9. The van der Waals surface area contributed by atoms with E-state index in [1.165, 1.54) is 11.3 Å². The Labute approximate surface area is 154 Å². The number of rotatable bonds is 5. The highest BCUT2D eigenvalue weighted by molar-refractivity contribution is 7.21. The maximum atomic E-state index is 12.3. The Morgan fingerprint density at radius 3 is 2.67 bits per heavy atom. The summed E-state index contributed by atoms with van der Waals surface area (Å²) in [5.41, 5.74) is 1.78. The molecule has 3 rings (SSSR count). The second-order valence-electron chi connectivity index (χ2n) is 5.56. The number of benzene rings is 1. The minimum atomic E-state index is -0.132. The largest absolute Gasteiger partial charge is 0.351 e. The van der Waals surface area contributed by atoms with Crippen molar-refractivity contribution >= 4 is 50.5 Å². The summed E-state index contributed by atoms with van der Waals surface area (Å²) in [7, 11) is 0. The third-order valence-electron chi connectivity index (χ3n) is 3.87. The van der Waals surface area contributed by atoms with Crippen LogP contribution in [-0.2, 0) is 6.54 Å². The van der Waals surface area contributed by atoms with Gasteiger partial charge in [0.1, 0.15) is 4.88 Å². The highest BCUT2D eigenvalue weighted by atomic mass is 35.5. The third-order valence-corrected chi connectivity index (χ3v) is 6.09. The molecule has 2 heterocycles. The van der Waals surface area contributed by atoms with E-state index in [0.29, 0.717) is 28.0 Å². The monoisotopic (exact) mass is 381 g/mol. The fraction of sp³-hybridized carbons (Fsp3) is 0.294. The lowest BCUT2D eigenvalue weighted by molar-refractivity contribution is 0.0957. The normalized spacial score (nSPS) is 11.2. The molecular weight excluding hydrogens is 365 g/mol. The molecule has 0 spiro atoms. The molecule has 1 N–H and O–H groups in total. The van der Waals surface area contributed by atoms with Gasteiger partial charge in [0.15, 0.2) is 0 Å². The van der Waals surface area contributed by atoms with Gasteiger partial charge in [0.05, 0.1) is 21.4 Å². The van der Waals surface area contributed by atoms with Gasteiger partial charge in [-0.25, -0.2) is 0 Å². The molecule has 1 aromatic carbocycles. The highest BCUT2D eigenvalue weighted by Crippen LogP contribution is 2.34. The summed E-state index contributed by atoms with van der Waals surface area (Å²) in [5, 5.41) is 9.46. The van der Waals surface area contributed by atoms with Crippen LogP contribution in [0.3, 0.4) is 0 Å². The van der Waals surface area contributed by atoms with Crippen LogP contribution >= 0.6 is 34.5 Å². The molecule has 2 aromatic heterocycles. The molecule has 0 aliphatic rings. The molecule has 0 fully saturated rings. The van der Waals surface area contributed by atoms with E-state index in [1.54, 1.807) is 0 Å². The van der Waals surface area contributed by atoms with Crippen molar-refractivity contribution in [3.8, 4) is 0 Å². The summed E-state index contributed by atoms with van der Waals surface area (Å²) >= 11 is 13.9. The van der Waals surface area contributed by atoms with Gasteiger partial charge >= 0.3 is 0 Å². The summed E-state index contributed by atoms with van der Waals surface area (Å²) in [6.07, 6.45) is 0.770. The molecule has 0 atom stereocenters. The SMILES string of the molecule is Cc1nn(CCCNC(=O)c2sc3ccccc3c2Cl)c(C)c1Cl. The van der Waals surface area contributed by atoms with Crippen LogP contribution in [0.1, 0.15) is 27.5 Å². The third kappa shape index (κ3) is 3.29. The summed E-state index contributed by atoms with van der Waals surface area (Å²) < 4.78 is 2.89. The second kappa shape index (κ2) is 7.13. The first kappa shape index (κ1) is 17.3. The van der Waals surface area contributed by atoms with Gasteiger partial charge in [-0.3, -0.25) is 9.48 Å². The van der Waals surface area contributed by atoms with E-state index in [-0.39, 0.29) is 5.91 Å². The van der Waals surface area contributed by atoms with Gasteiger partial charge in [0, 0.05) is 23.2 Å². The molecular formula is C17H17Cl2N3OS. The highest BCUT2D eigenvalue weighted by Gasteiger charge is 2.16. The van der Waals surface area contributed by atoms with Crippen LogP contribution in [0.4, 0.5) is 0 Å². The summed E-state index contributed by atoms with van der Waals surface area (Å²) in [5.74, 6) is -0.132. The molecule has 0 aliphatic carbocycles. The molecule has 24 heavy (non-hydrogen) atoms. The lowest BCUT2D eigenvalue weighted by Gasteiger charge is -2.06. The van der Waals surface area contributed by atoms with Crippen molar-refractivity contribution in [1.82, 2.24) is 15.1 Å². The number of nitrogens with one attached hydrogen (secondary N) is 1. The van der Waals surface area contributed by atoms with Crippen LogP contribution in [0, 0.1) is 13.8 Å². The van der Waals surface area contributed by atoms with Crippen LogP contribution < -0.4 is 5.32 Å². The van der Waals surface area contributed by atoms with E-state index < -0.39 is 0 Å². The zero-order valence-electron chi connectivity index (χ0n) is 13.4. The Kier molecular flexibility index (Phi) is 5.13. The predicted octanol–water partition coefficient (Wildman–Crippen LogP) is 4.84. The molecule has 126 valence electrons. The molecule has 1 amide bonds. The van der Waals surface area contributed by atoms with Gasteiger partial charge in [-0.2, -0.15) is 5.10 Å². The topological polar surface area (TPSA) is 46.9 Å². The standard InChI is InChI=1S/C17H17Cl2N3OS/c1-10-14(18)11(2)22(21-10)9-5-8-20-17(23)16-15(19)12-6-3-4-7-13(12)24-16/h3-4,6-7H,5,8-9H2,1-2H3,(H,20,23). The molecule has 0 unspecified atom stereocenters. The molecule has 7 heteroatoms. The molecule has 0 saturated carbocycles. The van der Waals surface area contributed by atoms with Gasteiger partial charge < -0.3 is 5.32 Å². The Bertz CT molecular complexity index is 901. The number of carbonyl (C=O) groups excluding carboxylic acids is 1. The van der Waals surface area contributed by atoms with Gasteiger partial charge in [-0.05, 0) is 26.3 Å². The maximum Gasteiger partial charge on any atom is 0.262 e. The Morgan fingerprint density at radius 2 is 2.00 bits per heavy atom. The van der Waals surface area contributed by atoms with Gasteiger partial charge in [0.25, 0.3) is 5.91 Å². The first-order chi connectivity index (χ1) is 11.5. The average molecular weight is 382 g/mol. The smallest absolute Gasteiger partial charge is 0.262 e. The van der Waals surface area contributed by atoms with Crippen LogP contribution in [-0.4, -0.2) is 22.2 Å². The molecule has 3 aromatic rings. The van der Waals surface area contributed by atoms with E-state index in [9.17, 15) is 4.79 Å². The quantitative estimate of drug-likeness (QED) is 0.642. The molecule has 0 saturated heterocycles. The number of aryl methyl sites for hydroxylation is 2. The lowest BCUT2D eigenvalue weighted by Crippen LogP contribution is -2.25. The van der Waals surface area contributed by atoms with Gasteiger partial charge in [0.2, 0.25) is 0 Å². The summed E-state index contributed by atoms with van der Waals surface area (Å²) in [6, 6.07) is 7.76. The number of thiophene rings is 1. The zero-order valence-corrected chi connectivity index (χ0v) is 15.7. The minimum Gasteiger partial charge on any atom is -0.351 e. The first-order valence-electron chi connectivity index (χ1n) is 7.63. The number of hydrogen-bond donors (Lipinski definition) is 1. The fourth-order valence-electron chi connectivity index (χ4n) is 2.56. The number of hydrogen-bond acceptors (Lipinski definition) is 3. The Morgan fingerprint density at radius 1 is 1.25 bits per heavy atom. The summed E-state index contributed by atoms with van der Waals surface area (Å²) in [6.45, 7) is 5.09. The van der Waals surface area contributed by atoms with Crippen molar-refractivity contribution in [2.24, 2.45) is 0 Å². The number of aromatic nitrogens is 2. The van der Waals surface area contributed by atoms with Crippen LogP contribution in [0.5, 0.6) is 0 Å². The molecule has 0 radical (unpaired) electrons. The van der Waals surface area contributed by atoms with E-state index in [0.717, 1.165) is 27.9 Å². The van der Waals surface area contributed by atoms with Crippen molar-refractivity contribution in [3.63, 3.8) is 0 Å². The van der Waals surface area contributed by atoms with Crippen LogP contribution in [0.2, 0.25) is 10.0 Å². The van der Waals surface area contributed by atoms with Crippen molar-refractivity contribution in [3.05, 3.63) is 50.6 Å².